The minimum absolute atomic E-state index is 0.00303. The van der Waals surface area contributed by atoms with Crippen LogP contribution in [-0.2, 0) is 16.0 Å². The van der Waals surface area contributed by atoms with Gasteiger partial charge in [-0.15, -0.1) is 0 Å². The lowest BCUT2D eigenvalue weighted by Gasteiger charge is -2.32. The monoisotopic (exact) mass is 398 g/mol. The number of hydrogen-bond acceptors (Lipinski definition) is 2. The third-order valence-corrected chi connectivity index (χ3v) is 5.55. The van der Waals surface area contributed by atoms with Crippen LogP contribution in [0.3, 0.4) is 0 Å². The van der Waals surface area contributed by atoms with Crippen molar-refractivity contribution in [3.05, 3.63) is 65.0 Å². The summed E-state index contributed by atoms with van der Waals surface area (Å²) in [5.74, 6) is -0.214. The number of nitrogens with one attached hydrogen (secondary N) is 2. The van der Waals surface area contributed by atoms with Crippen LogP contribution in [0.4, 0.5) is 10.1 Å². The highest BCUT2D eigenvalue weighted by Crippen LogP contribution is 2.18. The maximum Gasteiger partial charge on any atom is 0.279 e. The normalized spacial score (nSPS) is 14.7. The van der Waals surface area contributed by atoms with E-state index in [1.54, 1.807) is 18.2 Å². The molecular formula is C23H29FN3O2+. The molecule has 2 N–H and O–H groups in total. The summed E-state index contributed by atoms with van der Waals surface area (Å²) in [6.07, 6.45) is 0.722. The van der Waals surface area contributed by atoms with Crippen molar-refractivity contribution in [2.45, 2.75) is 26.7 Å². The number of amides is 2. The molecular weight excluding hydrogens is 369 g/mol. The van der Waals surface area contributed by atoms with Gasteiger partial charge in [-0.2, -0.15) is 0 Å². The number of benzene rings is 2. The number of rotatable bonds is 6. The summed E-state index contributed by atoms with van der Waals surface area (Å²) in [7, 11) is 0. The number of anilines is 1. The topological polar surface area (TPSA) is 53.9 Å². The number of carbonyl (C=O) groups is 2. The van der Waals surface area contributed by atoms with E-state index >= 15 is 0 Å². The number of aryl methyl sites for hydroxylation is 3. The van der Waals surface area contributed by atoms with Crippen molar-refractivity contribution in [2.24, 2.45) is 0 Å². The number of quaternary nitrogens is 1. The Morgan fingerprint density at radius 3 is 2.34 bits per heavy atom. The van der Waals surface area contributed by atoms with Gasteiger partial charge in [-0.25, -0.2) is 4.39 Å². The fourth-order valence-corrected chi connectivity index (χ4v) is 3.77. The molecule has 3 rings (SSSR count). The Hall–Kier alpha value is -2.73. The van der Waals surface area contributed by atoms with E-state index in [4.69, 9.17) is 0 Å². The van der Waals surface area contributed by atoms with Gasteiger partial charge in [-0.1, -0.05) is 36.4 Å². The van der Waals surface area contributed by atoms with Crippen LogP contribution in [0.1, 0.15) is 23.1 Å². The number of piperazine rings is 1. The highest BCUT2D eigenvalue weighted by Gasteiger charge is 2.25. The molecule has 6 heteroatoms. The molecule has 1 saturated heterocycles. The summed E-state index contributed by atoms with van der Waals surface area (Å²) in [6.45, 7) is 7.11. The van der Waals surface area contributed by atoms with Gasteiger partial charge in [0, 0.05) is 12.1 Å². The van der Waals surface area contributed by atoms with Crippen LogP contribution in [0.15, 0.2) is 42.5 Å². The first kappa shape index (κ1) is 21.0. The van der Waals surface area contributed by atoms with E-state index in [9.17, 15) is 14.0 Å². The van der Waals surface area contributed by atoms with Crippen molar-refractivity contribution in [3.8, 4) is 0 Å². The molecule has 154 valence electrons. The number of hydrogen-bond donors (Lipinski definition) is 2. The largest absolute Gasteiger partial charge is 0.331 e. The van der Waals surface area contributed by atoms with E-state index in [1.807, 2.05) is 36.9 Å². The minimum Gasteiger partial charge on any atom is -0.331 e. The Kier molecular flexibility index (Phi) is 6.99. The van der Waals surface area contributed by atoms with Gasteiger partial charge < -0.3 is 15.1 Å². The molecule has 1 heterocycles. The van der Waals surface area contributed by atoms with Gasteiger partial charge in [-0.3, -0.25) is 9.59 Å². The first-order valence-corrected chi connectivity index (χ1v) is 10.1. The third-order valence-electron chi connectivity index (χ3n) is 5.55. The Morgan fingerprint density at radius 1 is 1.03 bits per heavy atom. The van der Waals surface area contributed by atoms with E-state index in [0.717, 1.165) is 29.9 Å². The molecule has 0 unspecified atom stereocenters. The van der Waals surface area contributed by atoms with E-state index in [-0.39, 0.29) is 17.6 Å². The van der Waals surface area contributed by atoms with E-state index in [1.165, 1.54) is 11.0 Å². The molecule has 1 fully saturated rings. The maximum absolute atomic E-state index is 13.7. The molecule has 0 aliphatic carbocycles. The van der Waals surface area contributed by atoms with Gasteiger partial charge in [0.1, 0.15) is 5.82 Å². The first-order chi connectivity index (χ1) is 13.9. The van der Waals surface area contributed by atoms with Crippen molar-refractivity contribution in [2.75, 3.05) is 38.0 Å². The molecule has 2 aromatic carbocycles. The molecule has 29 heavy (non-hydrogen) atoms. The second kappa shape index (κ2) is 9.65. The number of nitrogens with zero attached hydrogens (tertiary/aromatic N) is 1. The first-order valence-electron chi connectivity index (χ1n) is 10.1. The summed E-state index contributed by atoms with van der Waals surface area (Å²) in [5.41, 5.74) is 3.57. The molecule has 0 spiro atoms. The van der Waals surface area contributed by atoms with Gasteiger partial charge in [0.15, 0.2) is 6.54 Å². The standard InChI is InChI=1S/C23H28FN3O2/c1-17-6-5-7-18(2)23(17)25-21(28)16-26-12-14-27(15-13-26)22(29)11-10-19-8-3-4-9-20(19)24/h3-9H,10-16H2,1-2H3,(H,25,28)/p+1. The summed E-state index contributed by atoms with van der Waals surface area (Å²) in [5, 5.41) is 3.03. The molecule has 0 aromatic heterocycles. The zero-order chi connectivity index (χ0) is 20.8. The van der Waals surface area contributed by atoms with E-state index in [2.05, 4.69) is 5.32 Å². The summed E-state index contributed by atoms with van der Waals surface area (Å²) in [4.78, 5) is 27.9. The summed E-state index contributed by atoms with van der Waals surface area (Å²) >= 11 is 0. The Balaban J connectivity index is 1.43. The van der Waals surface area contributed by atoms with E-state index in [0.29, 0.717) is 38.0 Å². The van der Waals surface area contributed by atoms with Crippen LogP contribution in [0.25, 0.3) is 0 Å². The second-order valence-electron chi connectivity index (χ2n) is 7.71. The lowest BCUT2D eigenvalue weighted by Crippen LogP contribution is -3.15. The SMILES string of the molecule is Cc1cccc(C)c1NC(=O)C[NH+]1CCN(C(=O)CCc2ccccc2F)CC1. The smallest absolute Gasteiger partial charge is 0.279 e. The number of halogens is 1. The van der Waals surface area contributed by atoms with Crippen molar-refractivity contribution >= 4 is 17.5 Å². The molecule has 2 amide bonds. The van der Waals surface area contributed by atoms with Crippen molar-refractivity contribution in [3.63, 3.8) is 0 Å². The number of carbonyl (C=O) groups excluding carboxylic acids is 2. The highest BCUT2D eigenvalue weighted by molar-refractivity contribution is 5.93. The lowest BCUT2D eigenvalue weighted by atomic mass is 10.1. The van der Waals surface area contributed by atoms with Crippen LogP contribution in [0.2, 0.25) is 0 Å². The quantitative estimate of drug-likeness (QED) is 0.779. The summed E-state index contributed by atoms with van der Waals surface area (Å²) in [6, 6.07) is 12.5. The average Bonchev–Trinajstić information content (AvgIpc) is 2.70. The zero-order valence-electron chi connectivity index (χ0n) is 17.1. The van der Waals surface area contributed by atoms with Gasteiger partial charge >= 0.3 is 0 Å². The molecule has 0 atom stereocenters. The molecule has 0 radical (unpaired) electrons. The highest BCUT2D eigenvalue weighted by atomic mass is 19.1. The Labute approximate surface area is 171 Å². The Morgan fingerprint density at radius 2 is 1.69 bits per heavy atom. The fraction of sp³-hybridized carbons (Fsp3) is 0.391. The van der Waals surface area contributed by atoms with Crippen LogP contribution < -0.4 is 10.2 Å². The van der Waals surface area contributed by atoms with Crippen molar-refractivity contribution in [1.29, 1.82) is 0 Å². The van der Waals surface area contributed by atoms with Crippen molar-refractivity contribution in [1.82, 2.24) is 4.90 Å². The Bertz CT molecular complexity index is 856. The fourth-order valence-electron chi connectivity index (χ4n) is 3.77. The van der Waals surface area contributed by atoms with Crippen LogP contribution in [0.5, 0.6) is 0 Å². The zero-order valence-corrected chi connectivity index (χ0v) is 17.1. The van der Waals surface area contributed by atoms with Gasteiger partial charge in [-0.05, 0) is 43.0 Å². The molecule has 5 nitrogen and oxygen atoms in total. The second-order valence-corrected chi connectivity index (χ2v) is 7.71. The minimum atomic E-state index is -0.260. The maximum atomic E-state index is 13.7. The average molecular weight is 399 g/mol. The number of para-hydroxylation sites is 1. The van der Waals surface area contributed by atoms with E-state index < -0.39 is 0 Å². The summed E-state index contributed by atoms with van der Waals surface area (Å²) < 4.78 is 13.7. The molecule has 0 saturated carbocycles. The predicted octanol–water partition coefficient (Wildman–Crippen LogP) is 1.74. The molecule has 0 bridgehead atoms. The van der Waals surface area contributed by atoms with Crippen LogP contribution in [-0.4, -0.2) is 49.4 Å². The third kappa shape index (κ3) is 5.64. The molecule has 1 aliphatic rings. The lowest BCUT2D eigenvalue weighted by molar-refractivity contribution is -0.895. The van der Waals surface area contributed by atoms with Gasteiger partial charge in [0.2, 0.25) is 5.91 Å². The van der Waals surface area contributed by atoms with Crippen LogP contribution >= 0.6 is 0 Å². The predicted molar refractivity (Wildman–Crippen MR) is 111 cm³/mol. The van der Waals surface area contributed by atoms with Gasteiger partial charge in [0.25, 0.3) is 5.91 Å². The van der Waals surface area contributed by atoms with Gasteiger partial charge in [0.05, 0.1) is 26.2 Å². The molecule has 2 aromatic rings. The molecule has 1 aliphatic heterocycles. The van der Waals surface area contributed by atoms with Crippen LogP contribution in [0, 0.1) is 19.7 Å². The van der Waals surface area contributed by atoms with Crippen molar-refractivity contribution < 1.29 is 18.9 Å².